The minimum Gasteiger partial charge on any atom is -0.481 e. The van der Waals surface area contributed by atoms with Crippen LogP contribution >= 0.6 is 0 Å². The summed E-state index contributed by atoms with van der Waals surface area (Å²) in [6.45, 7) is 5.26. The summed E-state index contributed by atoms with van der Waals surface area (Å²) in [6, 6.07) is 3.69. The van der Waals surface area contributed by atoms with Gasteiger partial charge in [0.2, 0.25) is 0 Å². The van der Waals surface area contributed by atoms with Crippen LogP contribution in [0.25, 0.3) is 11.4 Å². The molecule has 1 atom stereocenters. The zero-order valence-electron chi connectivity index (χ0n) is 11.1. The van der Waals surface area contributed by atoms with E-state index in [1.807, 2.05) is 26.0 Å². The SMILES string of the molecule is Cc1nc(-c2cccnc2)nc(C)c1C(C)C(=O)O. The van der Waals surface area contributed by atoms with E-state index in [-0.39, 0.29) is 0 Å². The molecule has 1 N–H and O–H groups in total. The summed E-state index contributed by atoms with van der Waals surface area (Å²) in [5, 5.41) is 9.11. The van der Waals surface area contributed by atoms with Crippen LogP contribution in [0.2, 0.25) is 0 Å². The number of carboxylic acids is 1. The van der Waals surface area contributed by atoms with Crippen molar-refractivity contribution in [3.8, 4) is 11.4 Å². The summed E-state index contributed by atoms with van der Waals surface area (Å²) in [7, 11) is 0. The summed E-state index contributed by atoms with van der Waals surface area (Å²) < 4.78 is 0. The Bertz CT molecular complexity index is 588. The van der Waals surface area contributed by atoms with Gasteiger partial charge in [0, 0.05) is 34.9 Å². The van der Waals surface area contributed by atoms with Crippen LogP contribution in [0.3, 0.4) is 0 Å². The van der Waals surface area contributed by atoms with Crippen molar-refractivity contribution >= 4 is 5.97 Å². The van der Waals surface area contributed by atoms with Gasteiger partial charge in [-0.05, 0) is 32.9 Å². The molecule has 2 heterocycles. The van der Waals surface area contributed by atoms with E-state index >= 15 is 0 Å². The van der Waals surface area contributed by atoms with Crippen LogP contribution in [0, 0.1) is 13.8 Å². The van der Waals surface area contributed by atoms with Gasteiger partial charge < -0.3 is 5.11 Å². The van der Waals surface area contributed by atoms with Gasteiger partial charge in [0.05, 0.1) is 5.92 Å². The molecule has 0 saturated carbocycles. The highest BCUT2D eigenvalue weighted by atomic mass is 16.4. The van der Waals surface area contributed by atoms with Crippen LogP contribution in [-0.2, 0) is 4.79 Å². The van der Waals surface area contributed by atoms with Crippen LogP contribution in [0.1, 0.15) is 29.8 Å². The van der Waals surface area contributed by atoms with Crippen LogP contribution in [0.4, 0.5) is 0 Å². The monoisotopic (exact) mass is 257 g/mol. The number of rotatable bonds is 3. The Morgan fingerprint density at radius 1 is 1.26 bits per heavy atom. The van der Waals surface area contributed by atoms with Gasteiger partial charge in [0.15, 0.2) is 5.82 Å². The minimum atomic E-state index is -0.871. The molecule has 2 rings (SSSR count). The van der Waals surface area contributed by atoms with Crippen molar-refractivity contribution in [3.63, 3.8) is 0 Å². The Hall–Kier alpha value is -2.30. The molecule has 5 nitrogen and oxygen atoms in total. The molecule has 2 aromatic heterocycles. The third kappa shape index (κ3) is 2.59. The molecule has 0 saturated heterocycles. The Labute approximate surface area is 111 Å². The number of aromatic nitrogens is 3. The van der Waals surface area contributed by atoms with Crippen molar-refractivity contribution in [2.75, 3.05) is 0 Å². The molecule has 5 heteroatoms. The first-order valence-corrected chi connectivity index (χ1v) is 5.99. The van der Waals surface area contributed by atoms with E-state index in [2.05, 4.69) is 15.0 Å². The topological polar surface area (TPSA) is 76.0 Å². The van der Waals surface area contributed by atoms with Gasteiger partial charge >= 0.3 is 5.97 Å². The maximum atomic E-state index is 11.1. The number of carboxylic acid groups (broad SMARTS) is 1. The normalized spacial score (nSPS) is 12.2. The summed E-state index contributed by atoms with van der Waals surface area (Å²) in [5.41, 5.74) is 2.89. The predicted molar refractivity (Wildman–Crippen MR) is 70.8 cm³/mol. The first kappa shape index (κ1) is 13.1. The molecule has 0 spiro atoms. The van der Waals surface area contributed by atoms with E-state index in [1.165, 1.54) is 0 Å². The molecular formula is C14H15N3O2. The summed E-state index contributed by atoms with van der Waals surface area (Å²) >= 11 is 0. The number of aryl methyl sites for hydroxylation is 2. The van der Waals surface area contributed by atoms with Gasteiger partial charge in [0.1, 0.15) is 0 Å². The largest absolute Gasteiger partial charge is 0.481 e. The zero-order valence-corrected chi connectivity index (χ0v) is 11.1. The lowest BCUT2D eigenvalue weighted by molar-refractivity contribution is -0.138. The quantitative estimate of drug-likeness (QED) is 0.913. The summed E-state index contributed by atoms with van der Waals surface area (Å²) in [6.07, 6.45) is 3.37. The molecule has 1 unspecified atom stereocenters. The van der Waals surface area contributed by atoms with E-state index < -0.39 is 11.9 Å². The van der Waals surface area contributed by atoms with E-state index in [0.29, 0.717) is 22.8 Å². The van der Waals surface area contributed by atoms with Crippen LogP contribution in [0.5, 0.6) is 0 Å². The highest BCUT2D eigenvalue weighted by Gasteiger charge is 2.21. The molecule has 0 aliphatic heterocycles. The lowest BCUT2D eigenvalue weighted by Crippen LogP contribution is -2.13. The maximum absolute atomic E-state index is 11.1. The van der Waals surface area contributed by atoms with Gasteiger partial charge in [-0.2, -0.15) is 0 Å². The molecule has 0 aromatic carbocycles. The Morgan fingerprint density at radius 2 is 1.89 bits per heavy atom. The van der Waals surface area contributed by atoms with Crippen molar-refractivity contribution in [2.45, 2.75) is 26.7 Å². The number of aliphatic carboxylic acids is 1. The summed E-state index contributed by atoms with van der Waals surface area (Å²) in [5.74, 6) is -0.906. The predicted octanol–water partition coefficient (Wildman–Crippen LogP) is 2.34. The third-order valence-corrected chi connectivity index (χ3v) is 3.05. The van der Waals surface area contributed by atoms with Gasteiger partial charge in [-0.3, -0.25) is 9.78 Å². The van der Waals surface area contributed by atoms with Crippen molar-refractivity contribution < 1.29 is 9.90 Å². The van der Waals surface area contributed by atoms with Gasteiger partial charge in [0.25, 0.3) is 0 Å². The third-order valence-electron chi connectivity index (χ3n) is 3.05. The molecule has 0 fully saturated rings. The number of pyridine rings is 1. The fraction of sp³-hybridized carbons (Fsp3) is 0.286. The van der Waals surface area contributed by atoms with E-state index in [0.717, 1.165) is 5.56 Å². The Kier molecular flexibility index (Phi) is 3.55. The van der Waals surface area contributed by atoms with Gasteiger partial charge in [-0.25, -0.2) is 9.97 Å². The maximum Gasteiger partial charge on any atom is 0.310 e. The second kappa shape index (κ2) is 5.14. The number of nitrogens with zero attached hydrogens (tertiary/aromatic N) is 3. The van der Waals surface area contributed by atoms with Crippen LogP contribution in [-0.4, -0.2) is 26.0 Å². The average molecular weight is 257 g/mol. The Morgan fingerprint density at radius 3 is 2.37 bits per heavy atom. The van der Waals surface area contributed by atoms with E-state index in [1.54, 1.807) is 19.3 Å². The van der Waals surface area contributed by atoms with Crippen LogP contribution in [0.15, 0.2) is 24.5 Å². The second-order valence-electron chi connectivity index (χ2n) is 4.43. The molecule has 0 amide bonds. The number of hydrogen-bond donors (Lipinski definition) is 1. The standard InChI is InChI=1S/C14H15N3O2/c1-8(14(18)19)12-9(2)16-13(17-10(12)3)11-5-4-6-15-7-11/h4-8H,1-3H3,(H,18,19). The van der Waals surface area contributed by atoms with E-state index in [9.17, 15) is 4.79 Å². The van der Waals surface area contributed by atoms with Crippen molar-refractivity contribution in [2.24, 2.45) is 0 Å². The molecule has 98 valence electrons. The van der Waals surface area contributed by atoms with Crippen molar-refractivity contribution in [3.05, 3.63) is 41.5 Å². The molecule has 19 heavy (non-hydrogen) atoms. The molecule has 0 aliphatic rings. The molecule has 0 aliphatic carbocycles. The highest BCUT2D eigenvalue weighted by Crippen LogP contribution is 2.24. The van der Waals surface area contributed by atoms with Gasteiger partial charge in [-0.1, -0.05) is 0 Å². The first-order valence-electron chi connectivity index (χ1n) is 5.99. The van der Waals surface area contributed by atoms with Crippen molar-refractivity contribution in [1.29, 1.82) is 0 Å². The molecular weight excluding hydrogens is 242 g/mol. The minimum absolute atomic E-state index is 0.574. The first-order chi connectivity index (χ1) is 9.00. The fourth-order valence-electron chi connectivity index (χ4n) is 2.10. The zero-order chi connectivity index (χ0) is 14.0. The molecule has 0 radical (unpaired) electrons. The number of hydrogen-bond acceptors (Lipinski definition) is 4. The summed E-state index contributed by atoms with van der Waals surface area (Å²) in [4.78, 5) is 23.9. The second-order valence-corrected chi connectivity index (χ2v) is 4.43. The average Bonchev–Trinajstić information content (AvgIpc) is 2.38. The highest BCUT2D eigenvalue weighted by molar-refractivity contribution is 5.76. The van der Waals surface area contributed by atoms with Gasteiger partial charge in [-0.15, -0.1) is 0 Å². The smallest absolute Gasteiger partial charge is 0.310 e. The molecule has 2 aromatic rings. The fourth-order valence-corrected chi connectivity index (χ4v) is 2.10. The lowest BCUT2D eigenvalue weighted by Gasteiger charge is -2.13. The number of carbonyl (C=O) groups is 1. The van der Waals surface area contributed by atoms with Crippen LogP contribution < -0.4 is 0 Å². The Balaban J connectivity index is 2.51. The van der Waals surface area contributed by atoms with E-state index in [4.69, 9.17) is 5.11 Å². The lowest BCUT2D eigenvalue weighted by atomic mass is 9.98. The molecule has 0 bridgehead atoms. The van der Waals surface area contributed by atoms with Crippen molar-refractivity contribution in [1.82, 2.24) is 15.0 Å².